The predicted molar refractivity (Wildman–Crippen MR) is 92.6 cm³/mol. The molecule has 0 radical (unpaired) electrons. The Morgan fingerprint density at radius 2 is 2.04 bits per heavy atom. The highest BCUT2D eigenvalue weighted by Gasteiger charge is 2.31. The number of carbonyl (C=O) groups is 2. The molecule has 1 atom stereocenters. The average Bonchev–Trinajstić information content (AvgIpc) is 2.59. The standard InChI is InChI=1S/C18H24F3N3O2/c1-12(2)16(25)22-10-13-5-4-8-24(11-13)17(26)23-15-7-3-6-14(9-15)18(19,20)21/h3,6-7,9,12-13H,4-5,8,10-11H2,1-2H3,(H,22,25)(H,23,26). The number of halogens is 3. The van der Waals surface area contributed by atoms with E-state index in [0.717, 1.165) is 25.0 Å². The number of benzene rings is 1. The van der Waals surface area contributed by atoms with Crippen LogP contribution >= 0.6 is 0 Å². The Morgan fingerprint density at radius 1 is 1.31 bits per heavy atom. The molecule has 1 aromatic rings. The van der Waals surface area contributed by atoms with Gasteiger partial charge in [-0.3, -0.25) is 4.79 Å². The van der Waals surface area contributed by atoms with Crippen LogP contribution in [0.1, 0.15) is 32.3 Å². The monoisotopic (exact) mass is 371 g/mol. The summed E-state index contributed by atoms with van der Waals surface area (Å²) in [4.78, 5) is 25.6. The average molecular weight is 371 g/mol. The zero-order valence-corrected chi connectivity index (χ0v) is 14.9. The second-order valence-corrected chi connectivity index (χ2v) is 6.86. The molecular formula is C18H24F3N3O2. The summed E-state index contributed by atoms with van der Waals surface area (Å²) in [6.45, 7) is 5.11. The summed E-state index contributed by atoms with van der Waals surface area (Å²) in [5.74, 6) is 0.00755. The van der Waals surface area contributed by atoms with Gasteiger partial charge in [0.05, 0.1) is 5.56 Å². The van der Waals surface area contributed by atoms with Gasteiger partial charge in [0.25, 0.3) is 0 Å². The Hall–Kier alpha value is -2.25. The number of likely N-dealkylation sites (tertiary alicyclic amines) is 1. The van der Waals surface area contributed by atoms with Gasteiger partial charge in [-0.05, 0) is 37.0 Å². The van der Waals surface area contributed by atoms with E-state index in [0.29, 0.717) is 19.6 Å². The fourth-order valence-corrected chi connectivity index (χ4v) is 2.84. The Bertz CT molecular complexity index is 647. The van der Waals surface area contributed by atoms with Crippen molar-refractivity contribution in [2.45, 2.75) is 32.9 Å². The minimum Gasteiger partial charge on any atom is -0.356 e. The third-order valence-electron chi connectivity index (χ3n) is 4.34. The zero-order valence-electron chi connectivity index (χ0n) is 14.9. The van der Waals surface area contributed by atoms with Crippen LogP contribution in [0.2, 0.25) is 0 Å². The molecule has 0 spiro atoms. The number of piperidine rings is 1. The fraction of sp³-hybridized carbons (Fsp3) is 0.556. The van der Waals surface area contributed by atoms with E-state index in [1.807, 2.05) is 13.8 Å². The van der Waals surface area contributed by atoms with E-state index in [-0.39, 0.29) is 23.4 Å². The van der Waals surface area contributed by atoms with Gasteiger partial charge in [0.2, 0.25) is 5.91 Å². The number of carbonyl (C=O) groups excluding carboxylic acids is 2. The van der Waals surface area contributed by atoms with Crippen molar-refractivity contribution in [2.24, 2.45) is 11.8 Å². The number of urea groups is 1. The van der Waals surface area contributed by atoms with Gasteiger partial charge in [-0.25, -0.2) is 4.79 Å². The van der Waals surface area contributed by atoms with Crippen molar-refractivity contribution in [2.75, 3.05) is 25.0 Å². The molecule has 0 aliphatic carbocycles. The fourth-order valence-electron chi connectivity index (χ4n) is 2.84. The van der Waals surface area contributed by atoms with Crippen molar-refractivity contribution < 1.29 is 22.8 Å². The van der Waals surface area contributed by atoms with Gasteiger partial charge in [0.1, 0.15) is 0 Å². The lowest BCUT2D eigenvalue weighted by atomic mass is 9.98. The lowest BCUT2D eigenvalue weighted by Gasteiger charge is -2.33. The smallest absolute Gasteiger partial charge is 0.356 e. The number of nitrogens with one attached hydrogen (secondary N) is 2. The van der Waals surface area contributed by atoms with Gasteiger partial charge in [-0.2, -0.15) is 13.2 Å². The molecule has 1 saturated heterocycles. The summed E-state index contributed by atoms with van der Waals surface area (Å²) in [6.07, 6.45) is -2.77. The third kappa shape index (κ3) is 5.64. The molecule has 1 aliphatic heterocycles. The molecule has 144 valence electrons. The van der Waals surface area contributed by atoms with E-state index >= 15 is 0 Å². The summed E-state index contributed by atoms with van der Waals surface area (Å²) in [5.41, 5.74) is -0.691. The maximum absolute atomic E-state index is 12.8. The van der Waals surface area contributed by atoms with Crippen LogP contribution in [0.25, 0.3) is 0 Å². The molecule has 5 nitrogen and oxygen atoms in total. The number of anilines is 1. The van der Waals surface area contributed by atoms with Crippen LogP contribution < -0.4 is 10.6 Å². The van der Waals surface area contributed by atoms with Crippen LogP contribution in [-0.4, -0.2) is 36.5 Å². The SMILES string of the molecule is CC(C)C(=O)NCC1CCCN(C(=O)Nc2cccc(C(F)(F)F)c2)C1. The molecule has 3 amide bonds. The van der Waals surface area contributed by atoms with Crippen LogP contribution in [0.3, 0.4) is 0 Å². The Balaban J connectivity index is 1.92. The minimum atomic E-state index is -4.45. The first-order valence-electron chi connectivity index (χ1n) is 8.67. The predicted octanol–water partition coefficient (Wildman–Crippen LogP) is 3.72. The topological polar surface area (TPSA) is 61.4 Å². The van der Waals surface area contributed by atoms with E-state index in [1.54, 1.807) is 4.90 Å². The van der Waals surface area contributed by atoms with Crippen LogP contribution in [0.4, 0.5) is 23.7 Å². The molecule has 1 unspecified atom stereocenters. The van der Waals surface area contributed by atoms with Gasteiger partial charge >= 0.3 is 12.2 Å². The van der Waals surface area contributed by atoms with Crippen molar-refractivity contribution in [1.82, 2.24) is 10.2 Å². The van der Waals surface area contributed by atoms with Crippen LogP contribution in [0.5, 0.6) is 0 Å². The second kappa shape index (κ2) is 8.42. The largest absolute Gasteiger partial charge is 0.416 e. The lowest BCUT2D eigenvalue weighted by molar-refractivity contribution is -0.137. The molecule has 1 aliphatic rings. The van der Waals surface area contributed by atoms with Crippen molar-refractivity contribution >= 4 is 17.6 Å². The van der Waals surface area contributed by atoms with Crippen LogP contribution in [0, 0.1) is 11.8 Å². The Morgan fingerprint density at radius 3 is 2.69 bits per heavy atom. The van der Waals surface area contributed by atoms with Crippen molar-refractivity contribution in [3.05, 3.63) is 29.8 Å². The number of hydrogen-bond acceptors (Lipinski definition) is 2. The van der Waals surface area contributed by atoms with Gasteiger partial charge in [0, 0.05) is 31.2 Å². The molecule has 0 bridgehead atoms. The first-order valence-corrected chi connectivity index (χ1v) is 8.67. The quantitative estimate of drug-likeness (QED) is 0.847. The highest BCUT2D eigenvalue weighted by Crippen LogP contribution is 2.30. The van der Waals surface area contributed by atoms with E-state index in [1.165, 1.54) is 12.1 Å². The van der Waals surface area contributed by atoms with Crippen LogP contribution in [0.15, 0.2) is 24.3 Å². The summed E-state index contributed by atoms with van der Waals surface area (Å²) in [5, 5.41) is 5.39. The molecule has 2 N–H and O–H groups in total. The summed E-state index contributed by atoms with van der Waals surface area (Å²) >= 11 is 0. The Labute approximate surface area is 150 Å². The molecule has 0 saturated carbocycles. The molecule has 0 aromatic heterocycles. The van der Waals surface area contributed by atoms with Crippen molar-refractivity contribution in [1.29, 1.82) is 0 Å². The minimum absolute atomic E-state index is 0.0319. The highest BCUT2D eigenvalue weighted by atomic mass is 19.4. The summed E-state index contributed by atoms with van der Waals surface area (Å²) < 4.78 is 38.3. The van der Waals surface area contributed by atoms with Crippen molar-refractivity contribution in [3.63, 3.8) is 0 Å². The summed E-state index contributed by atoms with van der Waals surface area (Å²) in [7, 11) is 0. The Kier molecular flexibility index (Phi) is 6.50. The molecule has 2 rings (SSSR count). The number of alkyl halides is 3. The molecule has 1 heterocycles. The van der Waals surface area contributed by atoms with Crippen LogP contribution in [-0.2, 0) is 11.0 Å². The highest BCUT2D eigenvalue weighted by molar-refractivity contribution is 5.89. The van der Waals surface area contributed by atoms with Gasteiger partial charge in [-0.15, -0.1) is 0 Å². The first kappa shape index (κ1) is 20.1. The normalized spacial score (nSPS) is 17.9. The van der Waals surface area contributed by atoms with E-state index < -0.39 is 17.8 Å². The van der Waals surface area contributed by atoms with Gasteiger partial charge in [0.15, 0.2) is 0 Å². The molecule has 8 heteroatoms. The number of hydrogen-bond donors (Lipinski definition) is 2. The van der Waals surface area contributed by atoms with E-state index in [9.17, 15) is 22.8 Å². The first-order chi connectivity index (χ1) is 12.2. The number of rotatable bonds is 4. The molecule has 26 heavy (non-hydrogen) atoms. The lowest BCUT2D eigenvalue weighted by Crippen LogP contribution is -2.45. The number of amides is 3. The second-order valence-electron chi connectivity index (χ2n) is 6.86. The van der Waals surface area contributed by atoms with Gasteiger partial charge < -0.3 is 15.5 Å². The molecular weight excluding hydrogens is 347 g/mol. The van der Waals surface area contributed by atoms with Gasteiger partial charge in [-0.1, -0.05) is 19.9 Å². The maximum atomic E-state index is 12.8. The van der Waals surface area contributed by atoms with E-state index in [4.69, 9.17) is 0 Å². The molecule has 1 fully saturated rings. The third-order valence-corrected chi connectivity index (χ3v) is 4.34. The zero-order chi connectivity index (χ0) is 19.3. The van der Waals surface area contributed by atoms with Crippen molar-refractivity contribution in [3.8, 4) is 0 Å². The number of nitrogens with zero attached hydrogens (tertiary/aromatic N) is 1. The maximum Gasteiger partial charge on any atom is 0.416 e. The summed E-state index contributed by atoms with van der Waals surface area (Å²) in [6, 6.07) is 4.15. The van der Waals surface area contributed by atoms with E-state index in [2.05, 4.69) is 10.6 Å². The molecule has 1 aromatic carbocycles.